The molecule has 2 saturated heterocycles. The first-order valence-corrected chi connectivity index (χ1v) is 17.4. The van der Waals surface area contributed by atoms with Crippen molar-refractivity contribution in [1.29, 1.82) is 0 Å². The van der Waals surface area contributed by atoms with Gasteiger partial charge in [-0.15, -0.1) is 0 Å². The third kappa shape index (κ3) is 7.05. The molecule has 3 aromatic carbocycles. The molecule has 2 aromatic heterocycles. The zero-order chi connectivity index (χ0) is 35.8. The van der Waals surface area contributed by atoms with Crippen LogP contribution in [0, 0.1) is 19.8 Å². The fraction of sp³-hybridized carbons (Fsp3) is 0.375. The highest BCUT2D eigenvalue weighted by Gasteiger charge is 2.31. The molecule has 2 aliphatic rings. The summed E-state index contributed by atoms with van der Waals surface area (Å²) in [6.07, 6.45) is 2.43. The van der Waals surface area contributed by atoms with Gasteiger partial charge in [0, 0.05) is 48.0 Å². The van der Waals surface area contributed by atoms with Crippen molar-refractivity contribution < 1.29 is 32.6 Å². The molecule has 7 rings (SSSR count). The number of aliphatic carboxylic acids is 1. The molecule has 51 heavy (non-hydrogen) atoms. The molecule has 5 aromatic rings. The number of carboxylic acid groups (broad SMARTS) is 1. The molecular weight excluding hydrogens is 654 g/mol. The molecule has 11 heteroatoms. The highest BCUT2D eigenvalue weighted by atomic mass is 19.3. The zero-order valence-electron chi connectivity index (χ0n) is 29.3. The van der Waals surface area contributed by atoms with E-state index in [1.54, 1.807) is 18.1 Å². The zero-order valence-corrected chi connectivity index (χ0v) is 29.3. The Morgan fingerprint density at radius 2 is 1.67 bits per heavy atom. The number of alkyl halides is 2. The van der Waals surface area contributed by atoms with Crippen LogP contribution in [0.5, 0.6) is 11.6 Å². The third-order valence-corrected chi connectivity index (χ3v) is 10.3. The Balaban J connectivity index is 1.21. The molecule has 1 N–H and O–H groups in total. The minimum atomic E-state index is -3.05. The van der Waals surface area contributed by atoms with Gasteiger partial charge in [-0.25, -0.2) is 9.97 Å². The molecule has 4 heterocycles. The topological polar surface area (TPSA) is 101 Å². The summed E-state index contributed by atoms with van der Waals surface area (Å²) in [5.41, 5.74) is 8.90. The Labute approximate surface area is 295 Å². The molecule has 0 unspecified atom stereocenters. The number of methoxy groups -OCH3 is 1. The van der Waals surface area contributed by atoms with Gasteiger partial charge >= 0.3 is 12.6 Å². The quantitative estimate of drug-likeness (QED) is 0.146. The lowest BCUT2D eigenvalue weighted by Crippen LogP contribution is -2.35. The lowest BCUT2D eigenvalue weighted by atomic mass is 9.90. The van der Waals surface area contributed by atoms with E-state index in [0.29, 0.717) is 53.7 Å². The number of ether oxygens (including phenoxy) is 2. The first-order chi connectivity index (χ1) is 24.6. The van der Waals surface area contributed by atoms with E-state index in [-0.39, 0.29) is 12.3 Å². The summed E-state index contributed by atoms with van der Waals surface area (Å²) in [6, 6.07) is 18.7. The number of halogens is 2. The summed E-state index contributed by atoms with van der Waals surface area (Å²) >= 11 is 0. The molecule has 0 aliphatic carbocycles. The molecule has 0 saturated carbocycles. The van der Waals surface area contributed by atoms with Gasteiger partial charge in [0.25, 0.3) is 0 Å². The number of likely N-dealkylation sites (tertiary alicyclic amines) is 2. The number of benzene rings is 3. The number of aromatic nitrogens is 2. The second kappa shape index (κ2) is 14.4. The Kier molecular flexibility index (Phi) is 9.76. The molecular formula is C40H42F2N4O5. The second-order valence-corrected chi connectivity index (χ2v) is 13.7. The molecule has 2 atom stereocenters. The van der Waals surface area contributed by atoms with Crippen molar-refractivity contribution in [2.45, 2.75) is 65.8 Å². The number of oxazole rings is 1. The Hall–Kier alpha value is -4.87. The maximum atomic E-state index is 13.5. The van der Waals surface area contributed by atoms with Crippen LogP contribution in [0.3, 0.4) is 0 Å². The summed E-state index contributed by atoms with van der Waals surface area (Å²) < 4.78 is 43.8. The van der Waals surface area contributed by atoms with Crippen LogP contribution < -0.4 is 9.47 Å². The van der Waals surface area contributed by atoms with E-state index in [4.69, 9.17) is 23.9 Å². The fourth-order valence-corrected chi connectivity index (χ4v) is 7.65. The summed E-state index contributed by atoms with van der Waals surface area (Å²) in [6.45, 7) is 7.00. The van der Waals surface area contributed by atoms with E-state index < -0.39 is 18.6 Å². The minimum absolute atomic E-state index is 0.0573. The Morgan fingerprint density at radius 1 is 0.941 bits per heavy atom. The van der Waals surface area contributed by atoms with Gasteiger partial charge in [0.1, 0.15) is 17.3 Å². The predicted molar refractivity (Wildman–Crippen MR) is 191 cm³/mol. The SMILES string of the molecule is COc1nc(-c2cccc(-c3cccc(-c4nc5cc(CN6CCC[C@H]6C(=O)O)c(OC(F)F)cc5o4)c3C)c2C)ccc1CN1CC[C@@H](C)C1. The monoisotopic (exact) mass is 696 g/mol. The van der Waals surface area contributed by atoms with Crippen molar-refractivity contribution in [1.82, 2.24) is 19.8 Å². The van der Waals surface area contributed by atoms with Crippen molar-refractivity contribution in [2.75, 3.05) is 26.7 Å². The van der Waals surface area contributed by atoms with Crippen LogP contribution in [0.4, 0.5) is 8.78 Å². The first-order valence-electron chi connectivity index (χ1n) is 17.4. The number of pyridine rings is 1. The maximum Gasteiger partial charge on any atom is 0.387 e. The molecule has 0 bridgehead atoms. The van der Waals surface area contributed by atoms with Crippen molar-refractivity contribution >= 4 is 17.1 Å². The van der Waals surface area contributed by atoms with Crippen LogP contribution in [0.2, 0.25) is 0 Å². The second-order valence-electron chi connectivity index (χ2n) is 13.7. The van der Waals surface area contributed by atoms with Crippen molar-refractivity contribution in [3.63, 3.8) is 0 Å². The number of carbonyl (C=O) groups is 1. The number of carboxylic acids is 1. The lowest BCUT2D eigenvalue weighted by Gasteiger charge is -2.22. The molecule has 2 fully saturated rings. The van der Waals surface area contributed by atoms with Crippen molar-refractivity contribution in [3.8, 4) is 45.5 Å². The van der Waals surface area contributed by atoms with Gasteiger partial charge in [0.05, 0.1) is 12.8 Å². The van der Waals surface area contributed by atoms with Crippen LogP contribution in [-0.4, -0.2) is 70.2 Å². The van der Waals surface area contributed by atoms with Gasteiger partial charge in [-0.3, -0.25) is 14.6 Å². The molecule has 266 valence electrons. The number of fused-ring (bicyclic) bond motifs is 1. The van der Waals surface area contributed by atoms with Crippen molar-refractivity contribution in [2.24, 2.45) is 5.92 Å². The van der Waals surface area contributed by atoms with Gasteiger partial charge < -0.3 is 19.0 Å². The number of nitrogens with zero attached hydrogens (tertiary/aromatic N) is 4. The van der Waals surface area contributed by atoms with Gasteiger partial charge in [-0.2, -0.15) is 8.78 Å². The smallest absolute Gasteiger partial charge is 0.387 e. The lowest BCUT2D eigenvalue weighted by molar-refractivity contribution is -0.142. The van der Waals surface area contributed by atoms with Crippen LogP contribution in [0.15, 0.2) is 65.1 Å². The number of hydrogen-bond donors (Lipinski definition) is 1. The van der Waals surface area contributed by atoms with Gasteiger partial charge in [-0.1, -0.05) is 43.3 Å². The summed E-state index contributed by atoms with van der Waals surface area (Å²) in [4.78, 5) is 25.7. The predicted octanol–water partition coefficient (Wildman–Crippen LogP) is 8.34. The first kappa shape index (κ1) is 34.6. The summed E-state index contributed by atoms with van der Waals surface area (Å²) in [5.74, 6) is 0.696. The Bertz CT molecular complexity index is 2080. The van der Waals surface area contributed by atoms with Crippen LogP contribution in [-0.2, 0) is 17.9 Å². The molecule has 0 spiro atoms. The Morgan fingerprint density at radius 3 is 2.35 bits per heavy atom. The van der Waals surface area contributed by atoms with E-state index >= 15 is 0 Å². The molecule has 0 amide bonds. The average Bonchev–Trinajstić information content (AvgIpc) is 3.85. The summed E-state index contributed by atoms with van der Waals surface area (Å²) in [5, 5.41) is 9.65. The van der Waals surface area contributed by atoms with E-state index in [2.05, 4.69) is 49.1 Å². The van der Waals surface area contributed by atoms with Gasteiger partial charge in [0.2, 0.25) is 11.8 Å². The van der Waals surface area contributed by atoms with Gasteiger partial charge in [-0.05, 0) is 92.6 Å². The fourth-order valence-electron chi connectivity index (χ4n) is 7.65. The molecule has 0 radical (unpaired) electrons. The van der Waals surface area contributed by atoms with Crippen molar-refractivity contribution in [3.05, 3.63) is 82.9 Å². The van der Waals surface area contributed by atoms with Crippen LogP contribution in [0.25, 0.3) is 44.9 Å². The standard InChI is InChI=1S/C40H42F2N4O5/c1-23-15-17-45(20-23)21-26-13-14-32(43-37(26)49-4)30-10-5-8-28(24(30)2)29-9-6-11-31(25(29)3)38-44-33-18-27(22-46-16-7-12-34(46)39(47)48)35(51-40(41)42)19-36(33)50-38/h5-6,8-11,13-14,18-19,23,34,40H,7,12,15-17,20-22H2,1-4H3,(H,47,48)/t23-,34+/m1/s1. The van der Waals surface area contributed by atoms with Crippen LogP contribution >= 0.6 is 0 Å². The van der Waals surface area contributed by atoms with E-state index in [9.17, 15) is 18.7 Å². The minimum Gasteiger partial charge on any atom is -0.481 e. The van der Waals surface area contributed by atoms with Gasteiger partial charge in [0.15, 0.2) is 5.58 Å². The van der Waals surface area contributed by atoms with E-state index in [1.807, 2.05) is 25.1 Å². The largest absolute Gasteiger partial charge is 0.481 e. The highest BCUT2D eigenvalue weighted by Crippen LogP contribution is 2.39. The summed E-state index contributed by atoms with van der Waals surface area (Å²) in [7, 11) is 1.67. The number of hydrogen-bond acceptors (Lipinski definition) is 8. The maximum absolute atomic E-state index is 13.5. The van der Waals surface area contributed by atoms with Crippen LogP contribution in [0.1, 0.15) is 48.4 Å². The molecule has 9 nitrogen and oxygen atoms in total. The third-order valence-electron chi connectivity index (χ3n) is 10.3. The normalized spacial score (nSPS) is 18.3. The average molecular weight is 697 g/mol. The van der Waals surface area contributed by atoms with E-state index in [0.717, 1.165) is 64.3 Å². The molecule has 2 aliphatic heterocycles. The van der Waals surface area contributed by atoms with E-state index in [1.165, 1.54) is 12.5 Å². The highest BCUT2D eigenvalue weighted by molar-refractivity contribution is 5.84. The number of rotatable bonds is 11.